The van der Waals surface area contributed by atoms with Crippen molar-refractivity contribution in [3.05, 3.63) is 64.7 Å². The number of hydrogen-bond acceptors (Lipinski definition) is 3. The van der Waals surface area contributed by atoms with Crippen LogP contribution >= 0.6 is 24.0 Å². The van der Waals surface area contributed by atoms with E-state index in [4.69, 9.17) is 21.1 Å². The third-order valence-electron chi connectivity index (χ3n) is 3.27. The summed E-state index contributed by atoms with van der Waals surface area (Å²) in [4.78, 5) is 0. The topological polar surface area (TPSA) is 30.5 Å². The molecule has 3 rings (SSSR count). The normalized spacial score (nSPS) is 20.1. The van der Waals surface area contributed by atoms with Gasteiger partial charge in [-0.1, -0.05) is 41.9 Å². The molecule has 0 fully saturated rings. The van der Waals surface area contributed by atoms with Gasteiger partial charge in [-0.3, -0.25) is 0 Å². The summed E-state index contributed by atoms with van der Waals surface area (Å²) in [5.41, 5.74) is 2.07. The summed E-state index contributed by atoms with van der Waals surface area (Å²) in [6, 6.07) is 15.8. The van der Waals surface area contributed by atoms with Crippen LogP contribution in [0.15, 0.2) is 48.5 Å². The SMILES string of the molecule is CNCC1Oc2ccc(Cl)cc2C(c2ccccc2)O1.Cl. The quantitative estimate of drug-likeness (QED) is 0.930. The predicted octanol–water partition coefficient (Wildman–Crippen LogP) is 3.81. The van der Waals surface area contributed by atoms with E-state index in [1.807, 2.05) is 43.4 Å². The molecular weight excluding hydrogens is 309 g/mol. The molecule has 2 unspecified atom stereocenters. The minimum Gasteiger partial charge on any atom is -0.463 e. The number of rotatable bonds is 3. The highest BCUT2D eigenvalue weighted by Crippen LogP contribution is 2.39. The molecular formula is C16H17Cl2NO2. The van der Waals surface area contributed by atoms with Crippen LogP contribution in [0.2, 0.25) is 5.02 Å². The zero-order valence-corrected chi connectivity index (χ0v) is 13.2. The van der Waals surface area contributed by atoms with E-state index in [-0.39, 0.29) is 24.8 Å². The smallest absolute Gasteiger partial charge is 0.213 e. The lowest BCUT2D eigenvalue weighted by Crippen LogP contribution is -2.36. The molecule has 0 amide bonds. The van der Waals surface area contributed by atoms with Crippen LogP contribution in [0.3, 0.4) is 0 Å². The lowest BCUT2D eigenvalue weighted by atomic mass is 9.99. The van der Waals surface area contributed by atoms with Gasteiger partial charge in [-0.05, 0) is 30.8 Å². The molecule has 0 aliphatic carbocycles. The minimum absolute atomic E-state index is 0. The molecule has 0 aromatic heterocycles. The largest absolute Gasteiger partial charge is 0.463 e. The monoisotopic (exact) mass is 325 g/mol. The highest BCUT2D eigenvalue weighted by molar-refractivity contribution is 6.30. The summed E-state index contributed by atoms with van der Waals surface area (Å²) in [5, 5.41) is 3.76. The average molecular weight is 326 g/mol. The van der Waals surface area contributed by atoms with Crippen LogP contribution in [0.5, 0.6) is 5.75 Å². The molecule has 0 saturated heterocycles. The van der Waals surface area contributed by atoms with Gasteiger partial charge in [-0.15, -0.1) is 12.4 Å². The van der Waals surface area contributed by atoms with E-state index in [2.05, 4.69) is 17.4 Å². The Morgan fingerprint density at radius 1 is 1.14 bits per heavy atom. The predicted molar refractivity (Wildman–Crippen MR) is 86.4 cm³/mol. The van der Waals surface area contributed by atoms with E-state index in [1.165, 1.54) is 0 Å². The number of nitrogens with one attached hydrogen (secondary N) is 1. The first kappa shape index (κ1) is 16.1. The van der Waals surface area contributed by atoms with Crippen LogP contribution in [0, 0.1) is 0 Å². The number of hydrogen-bond donors (Lipinski definition) is 1. The molecule has 0 saturated carbocycles. The van der Waals surface area contributed by atoms with Crippen molar-refractivity contribution in [3.63, 3.8) is 0 Å². The van der Waals surface area contributed by atoms with Crippen molar-refractivity contribution < 1.29 is 9.47 Å². The molecule has 5 heteroatoms. The van der Waals surface area contributed by atoms with Crippen LogP contribution in [-0.2, 0) is 4.74 Å². The van der Waals surface area contributed by atoms with Gasteiger partial charge < -0.3 is 14.8 Å². The molecule has 2 aromatic rings. The summed E-state index contributed by atoms with van der Waals surface area (Å²) in [6.45, 7) is 0.630. The fourth-order valence-electron chi connectivity index (χ4n) is 2.37. The zero-order valence-electron chi connectivity index (χ0n) is 11.6. The molecule has 0 spiro atoms. The maximum atomic E-state index is 6.10. The van der Waals surface area contributed by atoms with E-state index in [1.54, 1.807) is 0 Å². The Balaban J connectivity index is 0.00000161. The van der Waals surface area contributed by atoms with E-state index >= 15 is 0 Å². The van der Waals surface area contributed by atoms with Crippen molar-refractivity contribution in [2.45, 2.75) is 12.4 Å². The summed E-state index contributed by atoms with van der Waals surface area (Å²) >= 11 is 6.10. The highest BCUT2D eigenvalue weighted by atomic mass is 35.5. The van der Waals surface area contributed by atoms with Crippen molar-refractivity contribution in [3.8, 4) is 5.75 Å². The van der Waals surface area contributed by atoms with Crippen LogP contribution in [0.25, 0.3) is 0 Å². The molecule has 3 nitrogen and oxygen atoms in total. The fraction of sp³-hybridized carbons (Fsp3) is 0.250. The maximum absolute atomic E-state index is 6.10. The molecule has 2 aromatic carbocycles. The Kier molecular flexibility index (Phi) is 5.48. The van der Waals surface area contributed by atoms with E-state index in [0.29, 0.717) is 11.6 Å². The van der Waals surface area contributed by atoms with Crippen molar-refractivity contribution >= 4 is 24.0 Å². The molecule has 1 aliphatic heterocycles. The van der Waals surface area contributed by atoms with Gasteiger partial charge in [-0.2, -0.15) is 0 Å². The number of fused-ring (bicyclic) bond motifs is 1. The van der Waals surface area contributed by atoms with Crippen molar-refractivity contribution in [1.29, 1.82) is 0 Å². The van der Waals surface area contributed by atoms with E-state index < -0.39 is 0 Å². The van der Waals surface area contributed by atoms with E-state index in [0.717, 1.165) is 16.9 Å². The van der Waals surface area contributed by atoms with Crippen LogP contribution in [-0.4, -0.2) is 19.9 Å². The summed E-state index contributed by atoms with van der Waals surface area (Å²) in [5.74, 6) is 0.828. The van der Waals surface area contributed by atoms with Crippen LogP contribution in [0.4, 0.5) is 0 Å². The number of ether oxygens (including phenoxy) is 2. The lowest BCUT2D eigenvalue weighted by Gasteiger charge is -2.33. The minimum atomic E-state index is -0.307. The number of halogens is 2. The Labute approximate surface area is 135 Å². The summed E-state index contributed by atoms with van der Waals surface area (Å²) in [6.07, 6.45) is -0.462. The third kappa shape index (κ3) is 3.50. The molecule has 1 aliphatic rings. The van der Waals surface area contributed by atoms with Gasteiger partial charge in [0.25, 0.3) is 0 Å². The third-order valence-corrected chi connectivity index (χ3v) is 3.51. The Bertz CT molecular complexity index is 592. The van der Waals surface area contributed by atoms with Gasteiger partial charge in [-0.25, -0.2) is 0 Å². The van der Waals surface area contributed by atoms with Gasteiger partial charge in [0.1, 0.15) is 11.9 Å². The van der Waals surface area contributed by atoms with E-state index in [9.17, 15) is 0 Å². The second-order valence-corrected chi connectivity index (χ2v) is 5.15. The first-order valence-electron chi connectivity index (χ1n) is 6.59. The number of benzene rings is 2. The van der Waals surface area contributed by atoms with Crippen molar-refractivity contribution in [2.75, 3.05) is 13.6 Å². The molecule has 1 heterocycles. The first-order valence-corrected chi connectivity index (χ1v) is 6.97. The van der Waals surface area contributed by atoms with Gasteiger partial charge in [0.05, 0.1) is 6.54 Å². The molecule has 112 valence electrons. The van der Waals surface area contributed by atoms with Crippen LogP contribution in [0.1, 0.15) is 17.2 Å². The van der Waals surface area contributed by atoms with Gasteiger partial charge in [0.2, 0.25) is 6.29 Å². The molecule has 0 bridgehead atoms. The second-order valence-electron chi connectivity index (χ2n) is 4.71. The molecule has 0 radical (unpaired) electrons. The Hall–Kier alpha value is -1.26. The Morgan fingerprint density at radius 2 is 1.90 bits per heavy atom. The average Bonchev–Trinajstić information content (AvgIpc) is 2.48. The first-order chi connectivity index (χ1) is 9.78. The summed E-state index contributed by atoms with van der Waals surface area (Å²) < 4.78 is 11.9. The Morgan fingerprint density at radius 3 is 2.62 bits per heavy atom. The molecule has 1 N–H and O–H groups in total. The second kappa shape index (κ2) is 7.14. The maximum Gasteiger partial charge on any atom is 0.213 e. The zero-order chi connectivity index (χ0) is 13.9. The van der Waals surface area contributed by atoms with Crippen molar-refractivity contribution in [1.82, 2.24) is 5.32 Å². The summed E-state index contributed by atoms with van der Waals surface area (Å²) in [7, 11) is 1.88. The van der Waals surface area contributed by atoms with Crippen molar-refractivity contribution in [2.24, 2.45) is 0 Å². The fourth-order valence-corrected chi connectivity index (χ4v) is 2.55. The molecule has 2 atom stereocenters. The number of likely N-dealkylation sites (N-methyl/N-ethyl adjacent to an activating group) is 1. The van der Waals surface area contributed by atoms with Gasteiger partial charge >= 0.3 is 0 Å². The van der Waals surface area contributed by atoms with Crippen LogP contribution < -0.4 is 10.1 Å². The molecule has 21 heavy (non-hydrogen) atoms. The van der Waals surface area contributed by atoms with Gasteiger partial charge in [0.15, 0.2) is 0 Å². The lowest BCUT2D eigenvalue weighted by molar-refractivity contribution is -0.123. The standard InChI is InChI=1S/C16H16ClNO2.ClH/c1-18-10-15-19-14-8-7-12(17)9-13(14)16(20-15)11-5-3-2-4-6-11;/h2-9,15-16,18H,10H2,1H3;1H. The highest BCUT2D eigenvalue weighted by Gasteiger charge is 2.29. The van der Waals surface area contributed by atoms with Gasteiger partial charge in [0, 0.05) is 10.6 Å².